The Morgan fingerprint density at radius 1 is 0.850 bits per heavy atom. The van der Waals surface area contributed by atoms with Crippen molar-refractivity contribution in [3.8, 4) is 11.1 Å². The number of anilines is 4. The lowest BCUT2D eigenvalue weighted by Crippen LogP contribution is -1.92. The zero-order valence-electron chi connectivity index (χ0n) is 10.7. The van der Waals surface area contributed by atoms with Gasteiger partial charge in [-0.05, 0) is 35.4 Å². The lowest BCUT2D eigenvalue weighted by Gasteiger charge is -2.05. The molecule has 0 atom stereocenters. The van der Waals surface area contributed by atoms with Crippen molar-refractivity contribution in [3.05, 3.63) is 48.5 Å². The maximum Gasteiger partial charge on any atom is 0.248 e. The van der Waals surface area contributed by atoms with E-state index >= 15 is 0 Å². The molecule has 0 saturated carbocycles. The van der Waals surface area contributed by atoms with Crippen LogP contribution in [-0.4, -0.2) is 15.2 Å². The van der Waals surface area contributed by atoms with Crippen LogP contribution in [-0.2, 0) is 0 Å². The number of aromatic nitrogens is 3. The van der Waals surface area contributed by atoms with Gasteiger partial charge < -0.3 is 16.8 Å². The molecule has 3 aromatic rings. The number of hydrogen-bond donors (Lipinski definition) is 4. The Hall–Kier alpha value is -3.02. The Balaban J connectivity index is 1.79. The summed E-state index contributed by atoms with van der Waals surface area (Å²) >= 11 is 0. The van der Waals surface area contributed by atoms with Crippen molar-refractivity contribution in [3.63, 3.8) is 0 Å². The molecule has 0 radical (unpaired) electrons. The molecule has 0 saturated heterocycles. The minimum absolute atomic E-state index is 0.283. The van der Waals surface area contributed by atoms with Crippen molar-refractivity contribution >= 4 is 23.3 Å². The molecule has 3 rings (SSSR count). The summed E-state index contributed by atoms with van der Waals surface area (Å²) in [6, 6.07) is 15.7. The lowest BCUT2D eigenvalue weighted by molar-refractivity contribution is 1.10. The summed E-state index contributed by atoms with van der Waals surface area (Å²) in [5.74, 6) is 0.730. The van der Waals surface area contributed by atoms with Crippen LogP contribution in [0.4, 0.5) is 23.3 Å². The minimum Gasteiger partial charge on any atom is -0.399 e. The molecular formula is C14H14N6. The lowest BCUT2D eigenvalue weighted by atomic mass is 10.1. The van der Waals surface area contributed by atoms with Crippen LogP contribution in [0, 0.1) is 0 Å². The number of benzene rings is 2. The fourth-order valence-corrected chi connectivity index (χ4v) is 1.88. The number of nitrogens with two attached hydrogens (primary N) is 2. The molecular weight excluding hydrogens is 252 g/mol. The molecule has 6 heteroatoms. The van der Waals surface area contributed by atoms with Crippen LogP contribution in [0.5, 0.6) is 0 Å². The summed E-state index contributed by atoms with van der Waals surface area (Å²) in [6.45, 7) is 0. The van der Waals surface area contributed by atoms with Crippen LogP contribution < -0.4 is 16.8 Å². The molecule has 0 spiro atoms. The van der Waals surface area contributed by atoms with Gasteiger partial charge >= 0.3 is 0 Å². The highest BCUT2D eigenvalue weighted by atomic mass is 15.3. The summed E-state index contributed by atoms with van der Waals surface area (Å²) in [5, 5.41) is 9.55. The molecule has 20 heavy (non-hydrogen) atoms. The Kier molecular flexibility index (Phi) is 2.96. The van der Waals surface area contributed by atoms with Gasteiger partial charge in [-0.3, -0.25) is 0 Å². The van der Waals surface area contributed by atoms with Gasteiger partial charge in [0.1, 0.15) is 0 Å². The number of rotatable bonds is 3. The maximum atomic E-state index is 5.68. The molecule has 0 aliphatic rings. The Morgan fingerprint density at radius 3 is 2.00 bits per heavy atom. The molecule has 0 amide bonds. The fourth-order valence-electron chi connectivity index (χ4n) is 1.88. The summed E-state index contributed by atoms with van der Waals surface area (Å²) in [4.78, 5) is 3.98. The van der Waals surface area contributed by atoms with Crippen molar-refractivity contribution < 1.29 is 0 Å². The van der Waals surface area contributed by atoms with Gasteiger partial charge in [0, 0.05) is 11.4 Å². The molecule has 1 heterocycles. The summed E-state index contributed by atoms with van der Waals surface area (Å²) in [6.07, 6.45) is 0. The third kappa shape index (κ3) is 2.54. The third-order valence-corrected chi connectivity index (χ3v) is 2.89. The van der Waals surface area contributed by atoms with Gasteiger partial charge in [-0.1, -0.05) is 24.3 Å². The zero-order valence-corrected chi connectivity index (χ0v) is 10.7. The van der Waals surface area contributed by atoms with Gasteiger partial charge in [-0.2, -0.15) is 4.98 Å². The Bertz CT molecular complexity index is 699. The second-order valence-corrected chi connectivity index (χ2v) is 4.37. The van der Waals surface area contributed by atoms with Crippen LogP contribution in [0.15, 0.2) is 48.5 Å². The highest BCUT2D eigenvalue weighted by molar-refractivity contribution is 5.68. The van der Waals surface area contributed by atoms with Crippen molar-refractivity contribution in [2.24, 2.45) is 0 Å². The van der Waals surface area contributed by atoms with E-state index < -0.39 is 0 Å². The van der Waals surface area contributed by atoms with Crippen molar-refractivity contribution in [2.75, 3.05) is 16.8 Å². The molecule has 6 N–H and O–H groups in total. The molecule has 100 valence electrons. The van der Waals surface area contributed by atoms with Crippen molar-refractivity contribution in [1.82, 2.24) is 15.2 Å². The van der Waals surface area contributed by atoms with Gasteiger partial charge in [0.05, 0.1) is 0 Å². The SMILES string of the molecule is Nc1ccc(-c2ccc(Nc3n[nH]c(N)n3)cc2)cc1. The minimum atomic E-state index is 0.283. The normalized spacial score (nSPS) is 10.4. The first kappa shape index (κ1) is 12.0. The van der Waals surface area contributed by atoms with E-state index in [0.717, 1.165) is 22.5 Å². The first-order chi connectivity index (χ1) is 9.70. The number of aromatic amines is 1. The quantitative estimate of drug-likeness (QED) is 0.545. The van der Waals surface area contributed by atoms with E-state index in [4.69, 9.17) is 11.5 Å². The standard InChI is InChI=1S/C14H14N6/c15-11-5-1-9(2-6-11)10-3-7-12(8-4-10)17-14-18-13(16)19-20-14/h1-8H,15H2,(H4,16,17,18,19,20). The van der Waals surface area contributed by atoms with Crippen LogP contribution in [0.2, 0.25) is 0 Å². The van der Waals surface area contributed by atoms with Crippen LogP contribution in [0.3, 0.4) is 0 Å². The number of hydrogen-bond acceptors (Lipinski definition) is 5. The van der Waals surface area contributed by atoms with E-state index in [2.05, 4.69) is 20.5 Å². The topological polar surface area (TPSA) is 106 Å². The number of H-pyrrole nitrogens is 1. The van der Waals surface area contributed by atoms with Gasteiger partial charge in [-0.15, -0.1) is 5.10 Å². The average Bonchev–Trinajstić information content (AvgIpc) is 2.86. The van der Waals surface area contributed by atoms with Gasteiger partial charge in [0.25, 0.3) is 0 Å². The van der Waals surface area contributed by atoms with Crippen LogP contribution in [0.25, 0.3) is 11.1 Å². The second-order valence-electron chi connectivity index (χ2n) is 4.37. The van der Waals surface area contributed by atoms with E-state index in [1.54, 1.807) is 0 Å². The van der Waals surface area contributed by atoms with E-state index in [9.17, 15) is 0 Å². The first-order valence-electron chi connectivity index (χ1n) is 6.11. The van der Waals surface area contributed by atoms with Crippen LogP contribution >= 0.6 is 0 Å². The monoisotopic (exact) mass is 266 g/mol. The molecule has 6 nitrogen and oxygen atoms in total. The molecule has 0 aliphatic heterocycles. The average molecular weight is 266 g/mol. The molecule has 0 unspecified atom stereocenters. The van der Waals surface area contributed by atoms with Gasteiger partial charge in [0.15, 0.2) is 0 Å². The highest BCUT2D eigenvalue weighted by Gasteiger charge is 2.01. The van der Waals surface area contributed by atoms with E-state index in [1.807, 2.05) is 48.5 Å². The molecule has 0 aliphatic carbocycles. The highest BCUT2D eigenvalue weighted by Crippen LogP contribution is 2.23. The predicted molar refractivity (Wildman–Crippen MR) is 80.4 cm³/mol. The van der Waals surface area contributed by atoms with Gasteiger partial charge in [-0.25, -0.2) is 5.10 Å². The van der Waals surface area contributed by atoms with Crippen molar-refractivity contribution in [1.29, 1.82) is 0 Å². The Morgan fingerprint density at radius 2 is 1.45 bits per heavy atom. The van der Waals surface area contributed by atoms with Gasteiger partial charge in [0.2, 0.25) is 11.9 Å². The molecule has 2 aromatic carbocycles. The smallest absolute Gasteiger partial charge is 0.248 e. The van der Waals surface area contributed by atoms with Crippen LogP contribution in [0.1, 0.15) is 0 Å². The number of nitrogen functional groups attached to an aromatic ring is 2. The molecule has 0 bridgehead atoms. The summed E-state index contributed by atoms with van der Waals surface area (Å²) in [7, 11) is 0. The Labute approximate surface area is 115 Å². The summed E-state index contributed by atoms with van der Waals surface area (Å²) < 4.78 is 0. The molecule has 1 aromatic heterocycles. The summed E-state index contributed by atoms with van der Waals surface area (Å²) in [5.41, 5.74) is 15.0. The van der Waals surface area contributed by atoms with E-state index in [0.29, 0.717) is 5.95 Å². The third-order valence-electron chi connectivity index (χ3n) is 2.89. The largest absolute Gasteiger partial charge is 0.399 e. The van der Waals surface area contributed by atoms with E-state index in [-0.39, 0.29) is 5.95 Å². The predicted octanol–water partition coefficient (Wildman–Crippen LogP) is 2.38. The number of nitrogens with zero attached hydrogens (tertiary/aromatic N) is 2. The zero-order chi connectivity index (χ0) is 13.9. The van der Waals surface area contributed by atoms with Crippen molar-refractivity contribution in [2.45, 2.75) is 0 Å². The first-order valence-corrected chi connectivity index (χ1v) is 6.11. The maximum absolute atomic E-state index is 5.68. The molecule has 0 fully saturated rings. The second kappa shape index (κ2) is 4.93. The number of nitrogens with one attached hydrogen (secondary N) is 2. The van der Waals surface area contributed by atoms with E-state index in [1.165, 1.54) is 0 Å². The fraction of sp³-hybridized carbons (Fsp3) is 0.